The highest BCUT2D eigenvalue weighted by Gasteiger charge is 1.81. The Bertz CT molecular complexity index is 108. The Hall–Kier alpha value is -0.920. The Morgan fingerprint density at radius 2 is 1.44 bits per heavy atom. The predicted octanol–water partition coefficient (Wildman–Crippen LogP) is 1.05. The lowest BCUT2D eigenvalue weighted by Crippen LogP contribution is -1.93. The molecule has 0 amide bonds. The Morgan fingerprint density at radius 1 is 1.00 bits per heavy atom. The van der Waals surface area contributed by atoms with Gasteiger partial charge in [-0.05, 0) is 0 Å². The molecular formula is C8H10O. The fourth-order valence-electron chi connectivity index (χ4n) is 0.364. The van der Waals surface area contributed by atoms with Gasteiger partial charge < -0.3 is 4.74 Å². The van der Waals surface area contributed by atoms with Crippen molar-refractivity contribution in [3.05, 3.63) is 0 Å². The molecule has 0 atom stereocenters. The second kappa shape index (κ2) is 7.08. The van der Waals surface area contributed by atoms with E-state index in [1.54, 1.807) is 0 Å². The van der Waals surface area contributed by atoms with Crippen LogP contribution in [0.2, 0.25) is 0 Å². The van der Waals surface area contributed by atoms with Gasteiger partial charge in [-0.2, -0.15) is 0 Å². The second-order valence-electron chi connectivity index (χ2n) is 1.52. The maximum absolute atomic E-state index is 5.03. The highest BCUT2D eigenvalue weighted by atomic mass is 16.5. The zero-order chi connectivity index (χ0) is 6.95. The summed E-state index contributed by atoms with van der Waals surface area (Å²) in [5, 5.41) is 0. The number of terminal acetylenes is 2. The van der Waals surface area contributed by atoms with Crippen molar-refractivity contribution >= 4 is 0 Å². The molecule has 0 spiro atoms. The lowest BCUT2D eigenvalue weighted by molar-refractivity contribution is 0.146. The largest absolute Gasteiger partial charge is 0.379 e. The standard InChI is InChI=1S/C8H10O/c1-3-5-7-9-8-6-4-2/h1-2H,5-8H2. The summed E-state index contributed by atoms with van der Waals surface area (Å²) in [7, 11) is 0. The molecule has 0 aromatic rings. The summed E-state index contributed by atoms with van der Waals surface area (Å²) in [6.45, 7) is 1.25. The van der Waals surface area contributed by atoms with E-state index >= 15 is 0 Å². The van der Waals surface area contributed by atoms with Crippen LogP contribution in [-0.2, 0) is 4.74 Å². The number of hydrogen-bond acceptors (Lipinski definition) is 1. The molecule has 0 heterocycles. The SMILES string of the molecule is C#CCCOCCC#C. The first-order valence-electron chi connectivity index (χ1n) is 2.86. The average molecular weight is 122 g/mol. The molecule has 0 radical (unpaired) electrons. The first kappa shape index (κ1) is 8.08. The minimum Gasteiger partial charge on any atom is -0.379 e. The summed E-state index contributed by atoms with van der Waals surface area (Å²) in [5.41, 5.74) is 0. The van der Waals surface area contributed by atoms with Crippen LogP contribution >= 0.6 is 0 Å². The van der Waals surface area contributed by atoms with Gasteiger partial charge in [0.05, 0.1) is 13.2 Å². The molecule has 0 unspecified atom stereocenters. The summed E-state index contributed by atoms with van der Waals surface area (Å²) in [6.07, 6.45) is 11.3. The van der Waals surface area contributed by atoms with E-state index in [2.05, 4.69) is 11.8 Å². The normalized spacial score (nSPS) is 7.78. The molecule has 0 saturated heterocycles. The van der Waals surface area contributed by atoms with Crippen LogP contribution in [0.1, 0.15) is 12.8 Å². The Kier molecular flexibility index (Phi) is 6.36. The highest BCUT2D eigenvalue weighted by molar-refractivity contribution is 4.84. The summed E-state index contributed by atoms with van der Waals surface area (Å²) in [6, 6.07) is 0. The first-order valence-corrected chi connectivity index (χ1v) is 2.86. The molecule has 0 N–H and O–H groups in total. The summed E-state index contributed by atoms with van der Waals surface area (Å²) < 4.78 is 5.03. The molecule has 0 aliphatic heterocycles. The van der Waals surface area contributed by atoms with Crippen molar-refractivity contribution in [3.8, 4) is 24.7 Å². The first-order chi connectivity index (χ1) is 4.41. The van der Waals surface area contributed by atoms with E-state index in [1.165, 1.54) is 0 Å². The van der Waals surface area contributed by atoms with E-state index in [0.717, 1.165) is 0 Å². The molecule has 0 fully saturated rings. The molecule has 1 nitrogen and oxygen atoms in total. The average Bonchev–Trinajstić information content (AvgIpc) is 1.89. The number of ether oxygens (including phenoxy) is 1. The van der Waals surface area contributed by atoms with Gasteiger partial charge in [0.2, 0.25) is 0 Å². The van der Waals surface area contributed by atoms with Gasteiger partial charge >= 0.3 is 0 Å². The minimum atomic E-state index is 0.623. The molecule has 0 aliphatic carbocycles. The Balaban J connectivity index is 2.79. The maximum Gasteiger partial charge on any atom is 0.0575 e. The van der Waals surface area contributed by atoms with Gasteiger partial charge in [0, 0.05) is 12.8 Å². The lowest BCUT2D eigenvalue weighted by Gasteiger charge is -1.95. The molecule has 0 aromatic heterocycles. The van der Waals surface area contributed by atoms with E-state index in [9.17, 15) is 0 Å². The Morgan fingerprint density at radius 3 is 1.78 bits per heavy atom. The van der Waals surface area contributed by atoms with Gasteiger partial charge in [-0.25, -0.2) is 0 Å². The van der Waals surface area contributed by atoms with Crippen LogP contribution in [0.5, 0.6) is 0 Å². The van der Waals surface area contributed by atoms with Crippen LogP contribution in [0, 0.1) is 24.7 Å². The van der Waals surface area contributed by atoms with Crippen molar-refractivity contribution in [2.45, 2.75) is 12.8 Å². The van der Waals surface area contributed by atoms with Crippen molar-refractivity contribution in [2.24, 2.45) is 0 Å². The van der Waals surface area contributed by atoms with Crippen LogP contribution in [0.4, 0.5) is 0 Å². The van der Waals surface area contributed by atoms with Gasteiger partial charge in [0.25, 0.3) is 0 Å². The minimum absolute atomic E-state index is 0.623. The summed E-state index contributed by atoms with van der Waals surface area (Å²) in [4.78, 5) is 0. The third-order valence-electron chi connectivity index (χ3n) is 0.781. The third kappa shape index (κ3) is 7.08. The summed E-state index contributed by atoms with van der Waals surface area (Å²) in [5.74, 6) is 4.94. The molecule has 48 valence electrons. The predicted molar refractivity (Wildman–Crippen MR) is 37.7 cm³/mol. The van der Waals surface area contributed by atoms with Crippen LogP contribution in [-0.4, -0.2) is 13.2 Å². The topological polar surface area (TPSA) is 9.23 Å². The lowest BCUT2D eigenvalue weighted by atomic mass is 10.4. The fraction of sp³-hybridized carbons (Fsp3) is 0.500. The molecule has 0 aliphatic rings. The second-order valence-corrected chi connectivity index (χ2v) is 1.52. The van der Waals surface area contributed by atoms with E-state index in [1.807, 2.05) is 0 Å². The molecular weight excluding hydrogens is 112 g/mol. The van der Waals surface area contributed by atoms with Gasteiger partial charge in [-0.3, -0.25) is 0 Å². The van der Waals surface area contributed by atoms with Crippen molar-refractivity contribution in [1.29, 1.82) is 0 Å². The van der Waals surface area contributed by atoms with Crippen molar-refractivity contribution in [2.75, 3.05) is 13.2 Å². The van der Waals surface area contributed by atoms with Crippen LogP contribution in [0.25, 0.3) is 0 Å². The van der Waals surface area contributed by atoms with Crippen LogP contribution in [0.3, 0.4) is 0 Å². The highest BCUT2D eigenvalue weighted by Crippen LogP contribution is 1.82. The van der Waals surface area contributed by atoms with Crippen LogP contribution in [0.15, 0.2) is 0 Å². The maximum atomic E-state index is 5.03. The van der Waals surface area contributed by atoms with E-state index in [4.69, 9.17) is 17.6 Å². The molecule has 1 heteroatoms. The van der Waals surface area contributed by atoms with Crippen molar-refractivity contribution < 1.29 is 4.74 Å². The van der Waals surface area contributed by atoms with Crippen molar-refractivity contribution in [3.63, 3.8) is 0 Å². The third-order valence-corrected chi connectivity index (χ3v) is 0.781. The van der Waals surface area contributed by atoms with Gasteiger partial charge in [0.1, 0.15) is 0 Å². The smallest absolute Gasteiger partial charge is 0.0575 e. The quantitative estimate of drug-likeness (QED) is 0.400. The number of rotatable bonds is 4. The molecule has 0 saturated carbocycles. The molecule has 0 rings (SSSR count). The Labute approximate surface area is 56.4 Å². The zero-order valence-electron chi connectivity index (χ0n) is 5.39. The van der Waals surface area contributed by atoms with Gasteiger partial charge in [-0.1, -0.05) is 0 Å². The van der Waals surface area contributed by atoms with Crippen molar-refractivity contribution in [1.82, 2.24) is 0 Å². The molecule has 0 aromatic carbocycles. The summed E-state index contributed by atoms with van der Waals surface area (Å²) >= 11 is 0. The van der Waals surface area contributed by atoms with E-state index in [-0.39, 0.29) is 0 Å². The zero-order valence-corrected chi connectivity index (χ0v) is 5.39. The van der Waals surface area contributed by atoms with Crippen LogP contribution < -0.4 is 0 Å². The molecule has 0 bridgehead atoms. The van der Waals surface area contributed by atoms with Gasteiger partial charge in [-0.15, -0.1) is 24.7 Å². The molecule has 9 heavy (non-hydrogen) atoms. The monoisotopic (exact) mass is 122 g/mol. The van der Waals surface area contributed by atoms with Gasteiger partial charge in [0.15, 0.2) is 0 Å². The fourth-order valence-corrected chi connectivity index (χ4v) is 0.364. The van der Waals surface area contributed by atoms with E-state index in [0.29, 0.717) is 26.1 Å². The number of hydrogen-bond donors (Lipinski definition) is 0. The van der Waals surface area contributed by atoms with E-state index < -0.39 is 0 Å².